The summed E-state index contributed by atoms with van der Waals surface area (Å²) in [5.41, 5.74) is 0.642. The lowest BCUT2D eigenvalue weighted by Gasteiger charge is -2.42. The van der Waals surface area contributed by atoms with Crippen LogP contribution in [0.1, 0.15) is 33.6 Å². The van der Waals surface area contributed by atoms with Gasteiger partial charge >= 0.3 is 0 Å². The average Bonchev–Trinajstić information content (AvgIpc) is 2.08. The Morgan fingerprint density at radius 3 is 2.17 bits per heavy atom. The van der Waals surface area contributed by atoms with Gasteiger partial charge in [0.25, 0.3) is 0 Å². The summed E-state index contributed by atoms with van der Waals surface area (Å²) < 4.78 is 0. The fourth-order valence-corrected chi connectivity index (χ4v) is 1.47. The minimum Gasteiger partial charge on any atom is -0.320 e. The molecule has 0 aromatic rings. The van der Waals surface area contributed by atoms with Crippen molar-refractivity contribution < 1.29 is 0 Å². The molecule has 2 N–H and O–H groups in total. The van der Waals surface area contributed by atoms with Gasteiger partial charge in [0.1, 0.15) is 0 Å². The molecule has 0 atom stereocenters. The van der Waals surface area contributed by atoms with Gasteiger partial charge in [-0.3, -0.25) is 0 Å². The van der Waals surface area contributed by atoms with E-state index in [2.05, 4.69) is 17.6 Å². The molecule has 1 aliphatic heterocycles. The van der Waals surface area contributed by atoms with Crippen LogP contribution in [0.5, 0.6) is 0 Å². The van der Waals surface area contributed by atoms with Gasteiger partial charge in [-0.1, -0.05) is 20.8 Å². The van der Waals surface area contributed by atoms with Crippen LogP contribution in [0.3, 0.4) is 0 Å². The van der Waals surface area contributed by atoms with Crippen LogP contribution < -0.4 is 10.6 Å². The van der Waals surface area contributed by atoms with Crippen molar-refractivity contribution in [2.75, 3.05) is 26.7 Å². The molecule has 0 aliphatic carbocycles. The van der Waals surface area contributed by atoms with E-state index >= 15 is 0 Å². The molecule has 1 aliphatic rings. The van der Waals surface area contributed by atoms with Crippen LogP contribution in [0.15, 0.2) is 0 Å². The Labute approximate surface area is 77.1 Å². The highest BCUT2D eigenvalue weighted by Crippen LogP contribution is 2.29. The second-order valence-corrected chi connectivity index (χ2v) is 3.31. The van der Waals surface area contributed by atoms with E-state index in [0.29, 0.717) is 5.41 Å². The van der Waals surface area contributed by atoms with Crippen molar-refractivity contribution in [2.24, 2.45) is 5.41 Å². The molecule has 12 heavy (non-hydrogen) atoms. The molecule has 0 aromatic carbocycles. The van der Waals surface area contributed by atoms with E-state index in [9.17, 15) is 0 Å². The Kier molecular flexibility index (Phi) is 6.39. The molecule has 0 unspecified atom stereocenters. The Bertz CT molecular complexity index is 92.5. The molecule has 2 nitrogen and oxygen atoms in total. The maximum absolute atomic E-state index is 3.33. The van der Waals surface area contributed by atoms with Gasteiger partial charge in [-0.25, -0.2) is 0 Å². The van der Waals surface area contributed by atoms with Gasteiger partial charge in [0.2, 0.25) is 0 Å². The maximum Gasteiger partial charge on any atom is 0.00206 e. The molecule has 0 aromatic heterocycles. The predicted molar refractivity (Wildman–Crippen MR) is 55.5 cm³/mol. The van der Waals surface area contributed by atoms with E-state index < -0.39 is 0 Å². The Balaban J connectivity index is 0.000000561. The van der Waals surface area contributed by atoms with Crippen LogP contribution in [0.4, 0.5) is 0 Å². The van der Waals surface area contributed by atoms with E-state index in [0.717, 1.165) is 6.54 Å². The summed E-state index contributed by atoms with van der Waals surface area (Å²) in [5.74, 6) is 0. The summed E-state index contributed by atoms with van der Waals surface area (Å²) in [4.78, 5) is 0. The summed E-state index contributed by atoms with van der Waals surface area (Å²) in [6.07, 6.45) is 2.65. The van der Waals surface area contributed by atoms with Gasteiger partial charge in [-0.05, 0) is 31.8 Å². The van der Waals surface area contributed by atoms with E-state index in [1.165, 1.54) is 25.9 Å². The molecule has 1 heterocycles. The Morgan fingerprint density at radius 2 is 1.92 bits per heavy atom. The van der Waals surface area contributed by atoms with Gasteiger partial charge in [0.05, 0.1) is 0 Å². The molecule has 0 bridgehead atoms. The monoisotopic (exact) mass is 172 g/mol. The van der Waals surface area contributed by atoms with Crippen LogP contribution >= 0.6 is 0 Å². The third-order valence-electron chi connectivity index (χ3n) is 2.66. The SMILES string of the molecule is CC.CCC1(CCNC)CNC1. The van der Waals surface area contributed by atoms with Crippen molar-refractivity contribution in [3.05, 3.63) is 0 Å². The molecule has 74 valence electrons. The van der Waals surface area contributed by atoms with Crippen LogP contribution in [0, 0.1) is 5.41 Å². The second-order valence-electron chi connectivity index (χ2n) is 3.31. The van der Waals surface area contributed by atoms with Crippen molar-refractivity contribution in [3.63, 3.8) is 0 Å². The molecule has 2 heteroatoms. The molecule has 0 radical (unpaired) electrons. The van der Waals surface area contributed by atoms with Gasteiger partial charge < -0.3 is 10.6 Å². The zero-order chi connectivity index (χ0) is 9.45. The highest BCUT2D eigenvalue weighted by molar-refractivity contribution is 4.91. The first-order valence-electron chi connectivity index (χ1n) is 5.18. The van der Waals surface area contributed by atoms with Crippen molar-refractivity contribution in [2.45, 2.75) is 33.6 Å². The number of hydrogen-bond donors (Lipinski definition) is 2. The van der Waals surface area contributed by atoms with E-state index in [-0.39, 0.29) is 0 Å². The summed E-state index contributed by atoms with van der Waals surface area (Å²) in [6, 6.07) is 0. The summed E-state index contributed by atoms with van der Waals surface area (Å²) in [7, 11) is 2.02. The third kappa shape index (κ3) is 3.11. The van der Waals surface area contributed by atoms with Gasteiger partial charge in [-0.15, -0.1) is 0 Å². The first kappa shape index (κ1) is 11.9. The van der Waals surface area contributed by atoms with Crippen molar-refractivity contribution in [1.29, 1.82) is 0 Å². The number of hydrogen-bond acceptors (Lipinski definition) is 2. The average molecular weight is 172 g/mol. The highest BCUT2D eigenvalue weighted by Gasteiger charge is 2.33. The minimum atomic E-state index is 0.642. The lowest BCUT2D eigenvalue weighted by atomic mass is 9.76. The smallest absolute Gasteiger partial charge is 0.00206 e. The topological polar surface area (TPSA) is 24.1 Å². The van der Waals surface area contributed by atoms with Crippen LogP contribution in [0.2, 0.25) is 0 Å². The summed E-state index contributed by atoms with van der Waals surface area (Å²) in [6.45, 7) is 9.91. The molecular weight excluding hydrogens is 148 g/mol. The lowest BCUT2D eigenvalue weighted by molar-refractivity contribution is 0.146. The highest BCUT2D eigenvalue weighted by atomic mass is 15.0. The van der Waals surface area contributed by atoms with Crippen molar-refractivity contribution in [3.8, 4) is 0 Å². The fourth-order valence-electron chi connectivity index (χ4n) is 1.47. The Morgan fingerprint density at radius 1 is 1.33 bits per heavy atom. The minimum absolute atomic E-state index is 0.642. The van der Waals surface area contributed by atoms with Gasteiger partial charge in [-0.2, -0.15) is 0 Å². The molecule has 1 rings (SSSR count). The Hall–Kier alpha value is -0.0800. The molecule has 0 saturated carbocycles. The van der Waals surface area contributed by atoms with E-state index in [1.54, 1.807) is 0 Å². The van der Waals surface area contributed by atoms with E-state index in [4.69, 9.17) is 0 Å². The number of nitrogens with one attached hydrogen (secondary N) is 2. The normalized spacial score (nSPS) is 19.0. The fraction of sp³-hybridized carbons (Fsp3) is 1.00. The maximum atomic E-state index is 3.33. The largest absolute Gasteiger partial charge is 0.320 e. The predicted octanol–water partition coefficient (Wildman–Crippen LogP) is 1.62. The van der Waals surface area contributed by atoms with Crippen molar-refractivity contribution in [1.82, 2.24) is 10.6 Å². The zero-order valence-electron chi connectivity index (χ0n) is 9.04. The van der Waals surface area contributed by atoms with Crippen LogP contribution in [-0.2, 0) is 0 Å². The van der Waals surface area contributed by atoms with Crippen molar-refractivity contribution >= 4 is 0 Å². The number of rotatable bonds is 4. The summed E-state index contributed by atoms with van der Waals surface area (Å²) >= 11 is 0. The first-order valence-corrected chi connectivity index (χ1v) is 5.18. The molecule has 1 saturated heterocycles. The van der Waals surface area contributed by atoms with E-state index in [1.807, 2.05) is 20.9 Å². The lowest BCUT2D eigenvalue weighted by Crippen LogP contribution is -2.53. The molecule has 0 amide bonds. The third-order valence-corrected chi connectivity index (χ3v) is 2.66. The quantitative estimate of drug-likeness (QED) is 0.673. The first-order chi connectivity index (χ1) is 5.83. The van der Waals surface area contributed by atoms with Crippen LogP contribution in [0.25, 0.3) is 0 Å². The van der Waals surface area contributed by atoms with Gasteiger partial charge in [0.15, 0.2) is 0 Å². The molecule has 1 fully saturated rings. The second kappa shape index (κ2) is 6.44. The summed E-state index contributed by atoms with van der Waals surface area (Å²) in [5, 5.41) is 6.53. The molecule has 0 spiro atoms. The van der Waals surface area contributed by atoms with Gasteiger partial charge in [0, 0.05) is 13.1 Å². The standard InChI is InChI=1S/C8H18N2.C2H6/c1-3-8(4-5-9-2)6-10-7-8;1-2/h9-10H,3-7H2,1-2H3;1-2H3. The van der Waals surface area contributed by atoms with Crippen LogP contribution in [-0.4, -0.2) is 26.7 Å². The zero-order valence-corrected chi connectivity index (χ0v) is 9.04. The molecular formula is C10H24N2.